The van der Waals surface area contributed by atoms with Crippen molar-refractivity contribution in [3.63, 3.8) is 0 Å². The maximum absolute atomic E-state index is 7.54. The number of hydrogen-bond acceptors (Lipinski definition) is 6. The SMILES string of the molecule is [C-]#[N+]C1(Nc2nc(Cl)ncc2N)CCC2(CC1)OCCO2. The lowest BCUT2D eigenvalue weighted by atomic mass is 9.85. The molecule has 1 spiro atoms. The number of hydrogen-bond donors (Lipinski definition) is 2. The lowest BCUT2D eigenvalue weighted by Crippen LogP contribution is -2.46. The third kappa shape index (κ3) is 2.75. The average molecular weight is 310 g/mol. The van der Waals surface area contributed by atoms with Crippen LogP contribution < -0.4 is 11.1 Å². The number of nitrogens with two attached hydrogens (primary N) is 1. The van der Waals surface area contributed by atoms with E-state index in [0.29, 0.717) is 50.4 Å². The van der Waals surface area contributed by atoms with Crippen molar-refractivity contribution in [1.82, 2.24) is 9.97 Å². The highest BCUT2D eigenvalue weighted by molar-refractivity contribution is 6.28. The summed E-state index contributed by atoms with van der Waals surface area (Å²) in [7, 11) is 0. The van der Waals surface area contributed by atoms with Crippen molar-refractivity contribution in [3.05, 3.63) is 22.9 Å². The summed E-state index contributed by atoms with van der Waals surface area (Å²) in [5, 5.41) is 3.23. The Labute approximate surface area is 127 Å². The Morgan fingerprint density at radius 1 is 1.29 bits per heavy atom. The van der Waals surface area contributed by atoms with E-state index in [1.165, 1.54) is 6.20 Å². The van der Waals surface area contributed by atoms with Gasteiger partial charge in [-0.3, -0.25) is 10.2 Å². The topological polar surface area (TPSA) is 86.7 Å². The van der Waals surface area contributed by atoms with Crippen LogP contribution in [0.5, 0.6) is 0 Å². The zero-order valence-corrected chi connectivity index (χ0v) is 12.2. The summed E-state index contributed by atoms with van der Waals surface area (Å²) in [4.78, 5) is 11.6. The molecule has 8 heteroatoms. The number of nitrogens with one attached hydrogen (secondary N) is 1. The van der Waals surface area contributed by atoms with Crippen LogP contribution in [0.1, 0.15) is 25.7 Å². The van der Waals surface area contributed by atoms with Gasteiger partial charge in [-0.1, -0.05) is 0 Å². The van der Waals surface area contributed by atoms with Crippen molar-refractivity contribution in [2.75, 3.05) is 24.3 Å². The van der Waals surface area contributed by atoms with Crippen LogP contribution in [0.3, 0.4) is 0 Å². The minimum Gasteiger partial charge on any atom is -0.394 e. The summed E-state index contributed by atoms with van der Waals surface area (Å²) < 4.78 is 11.4. The second-order valence-electron chi connectivity index (χ2n) is 5.32. The van der Waals surface area contributed by atoms with Gasteiger partial charge in [-0.25, -0.2) is 11.6 Å². The zero-order chi connectivity index (χ0) is 14.9. The molecule has 3 rings (SSSR count). The molecule has 1 saturated carbocycles. The molecular formula is C13H16ClN5O2. The van der Waals surface area contributed by atoms with Gasteiger partial charge in [0.25, 0.3) is 0 Å². The lowest BCUT2D eigenvalue weighted by molar-refractivity contribution is -0.181. The van der Waals surface area contributed by atoms with Crippen LogP contribution in [0, 0.1) is 6.57 Å². The molecule has 0 aromatic carbocycles. The average Bonchev–Trinajstić information content (AvgIpc) is 2.95. The molecule has 0 radical (unpaired) electrons. The zero-order valence-electron chi connectivity index (χ0n) is 11.4. The summed E-state index contributed by atoms with van der Waals surface area (Å²) in [5.74, 6) is -0.111. The summed E-state index contributed by atoms with van der Waals surface area (Å²) in [6, 6.07) is 0. The van der Waals surface area contributed by atoms with Crippen molar-refractivity contribution >= 4 is 23.1 Å². The Kier molecular flexibility index (Phi) is 3.61. The van der Waals surface area contributed by atoms with Gasteiger partial charge in [0.15, 0.2) is 11.6 Å². The first kappa shape index (κ1) is 14.3. The molecule has 0 atom stereocenters. The molecule has 1 aliphatic carbocycles. The third-order valence-corrected chi connectivity index (χ3v) is 4.19. The van der Waals surface area contributed by atoms with Crippen molar-refractivity contribution in [3.8, 4) is 0 Å². The smallest absolute Gasteiger partial charge is 0.306 e. The van der Waals surface area contributed by atoms with Crippen molar-refractivity contribution in [2.24, 2.45) is 0 Å². The molecule has 0 unspecified atom stereocenters. The number of rotatable bonds is 2. The molecule has 21 heavy (non-hydrogen) atoms. The largest absolute Gasteiger partial charge is 0.394 e. The van der Waals surface area contributed by atoms with Gasteiger partial charge < -0.3 is 15.2 Å². The first-order chi connectivity index (χ1) is 10.1. The van der Waals surface area contributed by atoms with Crippen molar-refractivity contribution in [1.29, 1.82) is 0 Å². The molecule has 1 aliphatic heterocycles. The van der Waals surface area contributed by atoms with Gasteiger partial charge in [-0.05, 0) is 11.6 Å². The Balaban J connectivity index is 1.76. The Bertz CT molecular complexity index is 572. The van der Waals surface area contributed by atoms with E-state index in [2.05, 4.69) is 20.1 Å². The van der Waals surface area contributed by atoms with E-state index < -0.39 is 11.4 Å². The van der Waals surface area contributed by atoms with Crippen LogP contribution in [0.2, 0.25) is 5.28 Å². The summed E-state index contributed by atoms with van der Waals surface area (Å²) in [6.45, 7) is 8.78. The maximum atomic E-state index is 7.54. The number of anilines is 2. The van der Waals surface area contributed by atoms with Crippen LogP contribution in [-0.4, -0.2) is 34.6 Å². The van der Waals surface area contributed by atoms with Crippen LogP contribution in [0.15, 0.2) is 6.20 Å². The van der Waals surface area contributed by atoms with Gasteiger partial charge in [0.05, 0.1) is 37.9 Å². The standard InChI is InChI=1S/C13H16ClN5O2/c1-16-12(19-10-9(15)8-17-11(14)18-10)2-4-13(5-3-12)20-6-7-21-13/h8H,2-7,15H2,(H,17,18,19). The molecule has 1 aromatic rings. The number of ether oxygens (including phenoxy) is 2. The maximum Gasteiger partial charge on any atom is 0.306 e. The summed E-state index contributed by atoms with van der Waals surface area (Å²) in [6.07, 6.45) is 3.96. The monoisotopic (exact) mass is 309 g/mol. The fourth-order valence-corrected chi connectivity index (χ4v) is 2.92. The van der Waals surface area contributed by atoms with E-state index in [0.717, 1.165) is 0 Å². The highest BCUT2D eigenvalue weighted by Crippen LogP contribution is 2.42. The Morgan fingerprint density at radius 2 is 1.95 bits per heavy atom. The molecule has 1 aromatic heterocycles. The summed E-state index contributed by atoms with van der Waals surface area (Å²) >= 11 is 5.79. The molecule has 1 saturated heterocycles. The molecule has 7 nitrogen and oxygen atoms in total. The molecule has 2 heterocycles. The molecule has 112 valence electrons. The van der Waals surface area contributed by atoms with Crippen LogP contribution in [0.4, 0.5) is 11.5 Å². The van der Waals surface area contributed by atoms with E-state index in [9.17, 15) is 0 Å². The fraction of sp³-hybridized carbons (Fsp3) is 0.615. The van der Waals surface area contributed by atoms with E-state index in [1.54, 1.807) is 0 Å². The Morgan fingerprint density at radius 3 is 2.57 bits per heavy atom. The first-order valence-corrected chi connectivity index (χ1v) is 7.17. The van der Waals surface area contributed by atoms with Gasteiger partial charge in [-0.2, -0.15) is 4.98 Å². The predicted octanol–water partition coefficient (Wildman–Crippen LogP) is 2.06. The van der Waals surface area contributed by atoms with Crippen molar-refractivity contribution < 1.29 is 9.47 Å². The van der Waals surface area contributed by atoms with Crippen molar-refractivity contribution in [2.45, 2.75) is 37.1 Å². The number of aromatic nitrogens is 2. The molecule has 3 N–H and O–H groups in total. The van der Waals surface area contributed by atoms with Gasteiger partial charge in [-0.15, -0.1) is 0 Å². The van der Waals surface area contributed by atoms with Gasteiger partial charge in [0.1, 0.15) is 0 Å². The lowest BCUT2D eigenvalue weighted by Gasteiger charge is -2.37. The van der Waals surface area contributed by atoms with E-state index >= 15 is 0 Å². The molecular weight excluding hydrogens is 294 g/mol. The van der Waals surface area contributed by atoms with Gasteiger partial charge in [0, 0.05) is 12.8 Å². The minimum absolute atomic E-state index is 0.0987. The second-order valence-corrected chi connectivity index (χ2v) is 5.66. The molecule has 2 fully saturated rings. The summed E-state index contributed by atoms with van der Waals surface area (Å²) in [5.41, 5.74) is 5.45. The number of nitrogens with zero attached hydrogens (tertiary/aromatic N) is 3. The highest BCUT2D eigenvalue weighted by atomic mass is 35.5. The van der Waals surface area contributed by atoms with E-state index in [4.69, 9.17) is 33.4 Å². The van der Waals surface area contributed by atoms with E-state index in [-0.39, 0.29) is 5.28 Å². The number of nitrogen functional groups attached to an aromatic ring is 1. The Hall–Kier alpha value is -1.62. The minimum atomic E-state index is -0.758. The van der Waals surface area contributed by atoms with E-state index in [1.807, 2.05) is 0 Å². The van der Waals surface area contributed by atoms with Gasteiger partial charge >= 0.3 is 5.66 Å². The van der Waals surface area contributed by atoms with Crippen LogP contribution >= 0.6 is 11.6 Å². The molecule has 0 bridgehead atoms. The quantitative estimate of drug-likeness (QED) is 0.642. The second kappa shape index (κ2) is 5.30. The molecule has 2 aliphatic rings. The number of halogens is 1. The van der Waals surface area contributed by atoms with Gasteiger partial charge in [0.2, 0.25) is 5.28 Å². The predicted molar refractivity (Wildman–Crippen MR) is 77.5 cm³/mol. The molecule has 0 amide bonds. The highest BCUT2D eigenvalue weighted by Gasteiger charge is 2.50. The van der Waals surface area contributed by atoms with Crippen LogP contribution in [-0.2, 0) is 9.47 Å². The normalized spacial score (nSPS) is 22.9. The fourth-order valence-electron chi connectivity index (χ4n) is 2.79. The van der Waals surface area contributed by atoms with Crippen LogP contribution in [0.25, 0.3) is 4.85 Å². The first-order valence-electron chi connectivity index (χ1n) is 6.79. The third-order valence-electron chi connectivity index (χ3n) is 4.01.